The van der Waals surface area contributed by atoms with E-state index in [2.05, 4.69) is 10.6 Å². The van der Waals surface area contributed by atoms with E-state index in [1.807, 2.05) is 24.3 Å². The monoisotopic (exact) mass is 565 g/mol. The smallest absolute Gasteiger partial charge is 0.318 e. The van der Waals surface area contributed by atoms with Crippen LogP contribution < -0.4 is 10.6 Å². The van der Waals surface area contributed by atoms with E-state index < -0.39 is 17.3 Å². The number of carbonyl (C=O) groups is 2. The molecule has 3 atom stereocenters. The van der Waals surface area contributed by atoms with Gasteiger partial charge in [0.1, 0.15) is 11.2 Å². The number of rotatable bonds is 3. The Bertz CT molecular complexity index is 1430. The maximum absolute atomic E-state index is 14.8. The first-order chi connectivity index (χ1) is 18.9. The number of likely N-dealkylation sites (tertiary alicyclic amines) is 1. The fraction of sp³-hybridized carbons (Fsp3) is 0.355. The highest BCUT2D eigenvalue weighted by Crippen LogP contribution is 2.60. The van der Waals surface area contributed by atoms with Gasteiger partial charge in [0.25, 0.3) is 0 Å². The van der Waals surface area contributed by atoms with Crippen molar-refractivity contribution >= 4 is 40.8 Å². The van der Waals surface area contributed by atoms with Crippen LogP contribution in [-0.2, 0) is 10.2 Å². The Labute approximate surface area is 237 Å². The molecule has 3 amide bonds. The molecule has 3 aromatic rings. The molecule has 2 N–H and O–H groups in total. The summed E-state index contributed by atoms with van der Waals surface area (Å²) < 4.78 is 14.8. The maximum atomic E-state index is 14.8. The predicted molar refractivity (Wildman–Crippen MR) is 152 cm³/mol. The molecular formula is C31H30Cl2FN3O2. The van der Waals surface area contributed by atoms with Gasteiger partial charge in [0.2, 0.25) is 5.91 Å². The molecule has 1 saturated heterocycles. The van der Waals surface area contributed by atoms with Crippen LogP contribution in [0.1, 0.15) is 67.2 Å². The van der Waals surface area contributed by atoms with Crippen LogP contribution in [0.25, 0.3) is 0 Å². The fourth-order valence-electron chi connectivity index (χ4n) is 7.00. The highest BCUT2D eigenvalue weighted by molar-refractivity contribution is 6.31. The Morgan fingerprint density at radius 3 is 2.44 bits per heavy atom. The van der Waals surface area contributed by atoms with E-state index in [1.54, 1.807) is 35.2 Å². The van der Waals surface area contributed by atoms with E-state index in [9.17, 15) is 14.0 Å². The molecule has 39 heavy (non-hydrogen) atoms. The number of piperidine rings is 1. The summed E-state index contributed by atoms with van der Waals surface area (Å²) in [4.78, 5) is 30.1. The largest absolute Gasteiger partial charge is 0.335 e. The molecule has 0 unspecified atom stereocenters. The predicted octanol–water partition coefficient (Wildman–Crippen LogP) is 7.60. The number of hydrogen-bond donors (Lipinski definition) is 2. The molecule has 1 spiro atoms. The first-order valence-electron chi connectivity index (χ1n) is 13.6. The minimum atomic E-state index is -1.24. The third-order valence-corrected chi connectivity index (χ3v) is 9.08. The SMILES string of the molecule is O=C(NC1CCCCC1)N1CC[C@@H](c2cccc(Cl)c2)[C@]2(C(=O)Nc3cc(Cl)ccc32)[C@H]1c1cccc(F)c1. The van der Waals surface area contributed by atoms with Crippen LogP contribution in [0.15, 0.2) is 66.7 Å². The average molecular weight is 567 g/mol. The number of halogens is 3. The van der Waals surface area contributed by atoms with Gasteiger partial charge in [-0.1, -0.05) is 72.8 Å². The molecule has 8 heteroatoms. The molecule has 2 heterocycles. The number of hydrogen-bond acceptors (Lipinski definition) is 2. The van der Waals surface area contributed by atoms with Gasteiger partial charge in [-0.2, -0.15) is 0 Å². The van der Waals surface area contributed by atoms with Crippen molar-refractivity contribution in [3.05, 3.63) is 99.3 Å². The number of nitrogens with zero attached hydrogens (tertiary/aromatic N) is 1. The van der Waals surface area contributed by atoms with Gasteiger partial charge < -0.3 is 15.5 Å². The summed E-state index contributed by atoms with van der Waals surface area (Å²) in [6, 6.07) is 18.2. The average Bonchev–Trinajstić information content (AvgIpc) is 3.19. The summed E-state index contributed by atoms with van der Waals surface area (Å²) in [6.07, 6.45) is 5.72. The van der Waals surface area contributed by atoms with Crippen molar-refractivity contribution in [2.24, 2.45) is 0 Å². The molecule has 2 aliphatic heterocycles. The summed E-state index contributed by atoms with van der Waals surface area (Å²) in [5.74, 6) is -0.991. The third-order valence-electron chi connectivity index (χ3n) is 8.61. The van der Waals surface area contributed by atoms with Gasteiger partial charge in [-0.15, -0.1) is 0 Å². The zero-order valence-corrected chi connectivity index (χ0v) is 22.9. The van der Waals surface area contributed by atoms with Gasteiger partial charge in [-0.3, -0.25) is 4.79 Å². The minimum absolute atomic E-state index is 0.0875. The lowest BCUT2D eigenvalue weighted by atomic mass is 9.59. The number of nitrogens with one attached hydrogen (secondary N) is 2. The van der Waals surface area contributed by atoms with Crippen molar-refractivity contribution in [3.63, 3.8) is 0 Å². The first-order valence-corrected chi connectivity index (χ1v) is 14.3. The van der Waals surface area contributed by atoms with Gasteiger partial charge in [0.15, 0.2) is 0 Å². The van der Waals surface area contributed by atoms with E-state index in [0.29, 0.717) is 34.3 Å². The van der Waals surface area contributed by atoms with Crippen molar-refractivity contribution in [2.45, 2.75) is 61.9 Å². The van der Waals surface area contributed by atoms with E-state index in [4.69, 9.17) is 23.2 Å². The van der Waals surface area contributed by atoms with Gasteiger partial charge in [-0.25, -0.2) is 9.18 Å². The molecule has 3 aromatic carbocycles. The molecule has 202 valence electrons. The second kappa shape index (κ2) is 10.5. The van der Waals surface area contributed by atoms with Crippen molar-refractivity contribution in [3.8, 4) is 0 Å². The second-order valence-corrected chi connectivity index (χ2v) is 11.7. The molecule has 0 radical (unpaired) electrons. The number of carbonyl (C=O) groups excluding carboxylic acids is 2. The number of amides is 3. The van der Waals surface area contributed by atoms with Gasteiger partial charge in [0, 0.05) is 34.2 Å². The highest BCUT2D eigenvalue weighted by atomic mass is 35.5. The quantitative estimate of drug-likeness (QED) is 0.343. The Hall–Kier alpha value is -3.09. The normalized spacial score (nSPS) is 24.9. The molecule has 5 nitrogen and oxygen atoms in total. The summed E-state index contributed by atoms with van der Waals surface area (Å²) in [6.45, 7) is 0.398. The number of benzene rings is 3. The van der Waals surface area contributed by atoms with Crippen LogP contribution in [0.5, 0.6) is 0 Å². The topological polar surface area (TPSA) is 61.4 Å². The Kier molecular flexibility index (Phi) is 7.02. The summed E-state index contributed by atoms with van der Waals surface area (Å²) in [7, 11) is 0. The standard InChI is InChI=1S/C31H30Cl2FN3O2/c32-21-8-4-6-19(16-21)25-14-15-37(30(39)35-24-10-2-1-3-11-24)28(20-7-5-9-23(34)17-20)31(25)26-13-12-22(33)18-27(26)36-29(31)38/h4-9,12-13,16-18,24-25,28H,1-3,10-11,14-15H2,(H,35,39)(H,36,38)/t25-,28+,31+/m0/s1. The van der Waals surface area contributed by atoms with Gasteiger partial charge >= 0.3 is 6.03 Å². The lowest BCUT2D eigenvalue weighted by Crippen LogP contribution is -2.60. The zero-order chi connectivity index (χ0) is 27.1. The van der Waals surface area contributed by atoms with Crippen molar-refractivity contribution in [2.75, 3.05) is 11.9 Å². The summed E-state index contributed by atoms with van der Waals surface area (Å²) in [5.41, 5.74) is 1.58. The fourth-order valence-corrected chi connectivity index (χ4v) is 7.37. The van der Waals surface area contributed by atoms with Crippen LogP contribution in [0.4, 0.5) is 14.9 Å². The number of anilines is 1. The Morgan fingerprint density at radius 2 is 1.67 bits per heavy atom. The first kappa shape index (κ1) is 26.1. The summed E-state index contributed by atoms with van der Waals surface area (Å²) in [5, 5.41) is 7.36. The van der Waals surface area contributed by atoms with E-state index in [-0.39, 0.29) is 23.9 Å². The highest BCUT2D eigenvalue weighted by Gasteiger charge is 2.62. The van der Waals surface area contributed by atoms with E-state index in [0.717, 1.165) is 36.8 Å². The van der Waals surface area contributed by atoms with Crippen molar-refractivity contribution in [1.29, 1.82) is 0 Å². The van der Waals surface area contributed by atoms with Gasteiger partial charge in [0.05, 0.1) is 6.04 Å². The number of fused-ring (bicyclic) bond motifs is 2. The maximum Gasteiger partial charge on any atom is 0.318 e. The van der Waals surface area contributed by atoms with Crippen LogP contribution in [0.2, 0.25) is 10.0 Å². The molecular weight excluding hydrogens is 536 g/mol. The van der Waals surface area contributed by atoms with Crippen LogP contribution in [0.3, 0.4) is 0 Å². The van der Waals surface area contributed by atoms with E-state index >= 15 is 0 Å². The summed E-state index contributed by atoms with van der Waals surface area (Å²) >= 11 is 12.8. The lowest BCUT2D eigenvalue weighted by Gasteiger charge is -2.52. The molecule has 0 bridgehead atoms. The van der Waals surface area contributed by atoms with Crippen LogP contribution >= 0.6 is 23.2 Å². The van der Waals surface area contributed by atoms with Crippen LogP contribution in [0, 0.1) is 5.82 Å². The lowest BCUT2D eigenvalue weighted by molar-refractivity contribution is -0.126. The van der Waals surface area contributed by atoms with Gasteiger partial charge in [-0.05, 0) is 72.4 Å². The Morgan fingerprint density at radius 1 is 0.923 bits per heavy atom. The third kappa shape index (κ3) is 4.57. The molecule has 0 aromatic heterocycles. The molecule has 2 fully saturated rings. The minimum Gasteiger partial charge on any atom is -0.335 e. The van der Waals surface area contributed by atoms with Crippen molar-refractivity contribution < 1.29 is 14.0 Å². The van der Waals surface area contributed by atoms with E-state index in [1.165, 1.54) is 18.6 Å². The molecule has 6 rings (SSSR count). The molecule has 1 saturated carbocycles. The van der Waals surface area contributed by atoms with Crippen molar-refractivity contribution in [1.82, 2.24) is 10.2 Å². The number of urea groups is 1. The zero-order valence-electron chi connectivity index (χ0n) is 21.4. The van der Waals surface area contributed by atoms with Crippen LogP contribution in [-0.4, -0.2) is 29.4 Å². The second-order valence-electron chi connectivity index (χ2n) is 10.8. The molecule has 3 aliphatic rings. The molecule has 1 aliphatic carbocycles. The Balaban J connectivity index is 1.56.